The first-order valence-corrected chi connectivity index (χ1v) is 18.3. The van der Waals surface area contributed by atoms with E-state index in [4.69, 9.17) is 4.74 Å². The number of pyridine rings is 1. The van der Waals surface area contributed by atoms with Crippen LogP contribution in [-0.2, 0) is 21.0 Å². The summed E-state index contributed by atoms with van der Waals surface area (Å²) in [7, 11) is -3.50. The third kappa shape index (κ3) is 7.13. The van der Waals surface area contributed by atoms with Gasteiger partial charge in [-0.1, -0.05) is 45.0 Å². The smallest absolute Gasteiger partial charge is 0.319 e. The SMILES string of the molecule is CC(C)(C)c1cc(NC(=O)N[C@H]2CC[C@@H](Oc3ccc4nnc([C@]5(C)CCCN5CCO)n4c3)c3ccccc32)cc(NS(C)(=O)=O)c1. The van der Waals surface area contributed by atoms with Gasteiger partial charge >= 0.3 is 6.03 Å². The van der Waals surface area contributed by atoms with Crippen molar-refractivity contribution in [3.05, 3.63) is 83.3 Å². The number of nitrogens with zero attached hydrogens (tertiary/aromatic N) is 4. The first-order chi connectivity index (χ1) is 22.7. The van der Waals surface area contributed by atoms with E-state index < -0.39 is 10.0 Å². The minimum atomic E-state index is -3.50. The molecular formula is C35H45N7O5S. The van der Waals surface area contributed by atoms with Crippen molar-refractivity contribution in [2.24, 2.45) is 0 Å². The van der Waals surface area contributed by atoms with E-state index in [9.17, 15) is 18.3 Å². The van der Waals surface area contributed by atoms with Crippen LogP contribution in [0.4, 0.5) is 16.2 Å². The second-order valence-electron chi connectivity index (χ2n) is 14.1. The maximum Gasteiger partial charge on any atom is 0.319 e. The first kappa shape index (κ1) is 33.7. The standard InChI is InChI=1S/C35H45N7O5S/c1-34(2,3)23-19-24(21-25(20-23)40-48(5,45)46)36-33(44)37-29-12-13-30(28-10-7-6-9-27(28)29)47-26-11-14-31-38-39-32(42(31)22-26)35(4)15-8-16-41(35)17-18-43/h6-7,9-11,14,19-22,29-30,40,43H,8,12-13,15-18H2,1-5H3,(H2,36,37,44)/t29-,30+,35-/m0/s1. The molecule has 1 aliphatic carbocycles. The molecule has 1 saturated heterocycles. The van der Waals surface area contributed by atoms with Gasteiger partial charge in [0.1, 0.15) is 11.9 Å². The largest absolute Gasteiger partial charge is 0.484 e. The summed E-state index contributed by atoms with van der Waals surface area (Å²) >= 11 is 0. The zero-order valence-electron chi connectivity index (χ0n) is 28.2. The maximum absolute atomic E-state index is 13.3. The molecule has 1 fully saturated rings. The number of β-amino-alcohol motifs (C(OH)–C–C–N with tert-alkyl or cyclic N) is 1. The van der Waals surface area contributed by atoms with Crippen molar-refractivity contribution >= 4 is 33.1 Å². The van der Waals surface area contributed by atoms with Crippen molar-refractivity contribution in [2.45, 2.75) is 76.5 Å². The number of aliphatic hydroxyl groups excluding tert-OH is 1. The van der Waals surface area contributed by atoms with E-state index in [2.05, 4.69) is 37.4 Å². The molecule has 13 heteroatoms. The summed E-state index contributed by atoms with van der Waals surface area (Å²) in [6, 6.07) is 16.4. The average Bonchev–Trinajstić information content (AvgIpc) is 3.61. The number of rotatable bonds is 9. The highest BCUT2D eigenvalue weighted by Crippen LogP contribution is 2.40. The molecule has 6 rings (SSSR count). The molecule has 48 heavy (non-hydrogen) atoms. The number of aromatic nitrogens is 3. The summed E-state index contributed by atoms with van der Waals surface area (Å²) < 4.78 is 35.0. The molecule has 256 valence electrons. The van der Waals surface area contributed by atoms with Gasteiger partial charge in [-0.2, -0.15) is 0 Å². The molecule has 3 heterocycles. The Morgan fingerprint density at radius 1 is 1.06 bits per heavy atom. The minimum Gasteiger partial charge on any atom is -0.484 e. The van der Waals surface area contributed by atoms with Crippen LogP contribution < -0.4 is 20.1 Å². The van der Waals surface area contributed by atoms with E-state index in [1.165, 1.54) is 0 Å². The number of ether oxygens (including phenoxy) is 1. The van der Waals surface area contributed by atoms with Crippen LogP contribution in [0.15, 0.2) is 60.8 Å². The van der Waals surface area contributed by atoms with Gasteiger partial charge in [-0.25, -0.2) is 13.2 Å². The zero-order valence-corrected chi connectivity index (χ0v) is 29.0. The number of likely N-dealkylation sites (tertiary alicyclic amines) is 1. The lowest BCUT2D eigenvalue weighted by atomic mass is 9.85. The summed E-state index contributed by atoms with van der Waals surface area (Å²) in [5.74, 6) is 1.53. The van der Waals surface area contributed by atoms with Crippen LogP contribution in [0.25, 0.3) is 5.65 Å². The Morgan fingerprint density at radius 2 is 1.81 bits per heavy atom. The van der Waals surface area contributed by atoms with E-state index in [0.29, 0.717) is 36.5 Å². The molecule has 2 aliphatic rings. The molecule has 2 aromatic heterocycles. The highest BCUT2D eigenvalue weighted by atomic mass is 32.2. The van der Waals surface area contributed by atoms with Crippen LogP contribution in [0.5, 0.6) is 5.75 Å². The number of anilines is 2. The number of benzene rings is 2. The molecule has 0 unspecified atom stereocenters. The van der Waals surface area contributed by atoms with Gasteiger partial charge in [-0.15, -0.1) is 10.2 Å². The number of nitrogens with one attached hydrogen (secondary N) is 3. The summed E-state index contributed by atoms with van der Waals surface area (Å²) in [6.07, 6.45) is 6.12. The van der Waals surface area contributed by atoms with Crippen LogP contribution in [0.3, 0.4) is 0 Å². The number of hydrogen-bond acceptors (Lipinski definition) is 8. The molecule has 12 nitrogen and oxygen atoms in total. The van der Waals surface area contributed by atoms with E-state index >= 15 is 0 Å². The van der Waals surface area contributed by atoms with E-state index in [1.54, 1.807) is 12.1 Å². The van der Waals surface area contributed by atoms with Crippen LogP contribution >= 0.6 is 0 Å². The van der Waals surface area contributed by atoms with Crippen LogP contribution in [0.2, 0.25) is 0 Å². The Labute approximate surface area is 282 Å². The maximum atomic E-state index is 13.3. The van der Waals surface area contributed by atoms with E-state index in [0.717, 1.165) is 53.8 Å². The van der Waals surface area contributed by atoms with Crippen LogP contribution in [0.1, 0.15) is 88.0 Å². The Bertz CT molecular complexity index is 1920. The number of aliphatic hydroxyl groups is 1. The van der Waals surface area contributed by atoms with Crippen molar-refractivity contribution < 1.29 is 23.1 Å². The lowest BCUT2D eigenvalue weighted by molar-refractivity contribution is 0.113. The summed E-state index contributed by atoms with van der Waals surface area (Å²) in [4.78, 5) is 15.6. The Hall–Kier alpha value is -4.20. The highest BCUT2D eigenvalue weighted by Gasteiger charge is 2.41. The molecule has 0 radical (unpaired) electrons. The lowest BCUT2D eigenvalue weighted by Gasteiger charge is -2.33. The zero-order chi connectivity index (χ0) is 34.3. The highest BCUT2D eigenvalue weighted by molar-refractivity contribution is 7.92. The van der Waals surface area contributed by atoms with Crippen molar-refractivity contribution in [2.75, 3.05) is 36.0 Å². The second-order valence-corrected chi connectivity index (χ2v) is 15.8. The molecule has 4 N–H and O–H groups in total. The molecule has 2 aromatic carbocycles. The van der Waals surface area contributed by atoms with Gasteiger partial charge in [0.2, 0.25) is 10.0 Å². The Kier molecular flexibility index (Phi) is 9.14. The van der Waals surface area contributed by atoms with Crippen molar-refractivity contribution in [3.8, 4) is 5.75 Å². The molecule has 1 aliphatic heterocycles. The number of carbonyl (C=O) groups excluding carboxylic acids is 1. The number of carbonyl (C=O) groups is 1. The van der Waals surface area contributed by atoms with Gasteiger partial charge < -0.3 is 20.5 Å². The predicted molar refractivity (Wildman–Crippen MR) is 186 cm³/mol. The monoisotopic (exact) mass is 675 g/mol. The fourth-order valence-electron chi connectivity index (χ4n) is 6.98. The number of urea groups is 1. The molecule has 4 aromatic rings. The van der Waals surface area contributed by atoms with Crippen molar-refractivity contribution in [1.29, 1.82) is 0 Å². The predicted octanol–water partition coefficient (Wildman–Crippen LogP) is 5.48. The molecular weight excluding hydrogens is 630 g/mol. The van der Waals surface area contributed by atoms with E-state index in [1.807, 2.05) is 73.8 Å². The minimum absolute atomic E-state index is 0.0907. The average molecular weight is 676 g/mol. The number of hydrogen-bond donors (Lipinski definition) is 4. The third-order valence-corrected chi connectivity index (χ3v) is 10.0. The molecule has 0 saturated carbocycles. The number of amides is 2. The van der Waals surface area contributed by atoms with Gasteiger partial charge in [0, 0.05) is 12.2 Å². The third-order valence-electron chi connectivity index (χ3n) is 9.40. The number of sulfonamides is 1. The summed E-state index contributed by atoms with van der Waals surface area (Å²) in [6.45, 7) is 9.82. The first-order valence-electron chi connectivity index (χ1n) is 16.4. The molecule has 2 amide bonds. The Morgan fingerprint density at radius 3 is 2.54 bits per heavy atom. The lowest BCUT2D eigenvalue weighted by Crippen LogP contribution is -2.41. The second kappa shape index (κ2) is 13.0. The van der Waals surface area contributed by atoms with Crippen LogP contribution in [-0.4, -0.2) is 65.0 Å². The molecule has 0 bridgehead atoms. The van der Waals surface area contributed by atoms with Crippen LogP contribution in [0, 0.1) is 0 Å². The molecule has 0 spiro atoms. The molecule has 3 atom stereocenters. The fourth-order valence-corrected chi connectivity index (χ4v) is 7.52. The van der Waals surface area contributed by atoms with E-state index in [-0.39, 0.29) is 35.7 Å². The quantitative estimate of drug-likeness (QED) is 0.182. The normalized spacial score (nSPS) is 21.5. The Balaban J connectivity index is 1.19. The van der Waals surface area contributed by atoms with Gasteiger partial charge in [-0.3, -0.25) is 14.0 Å². The summed E-state index contributed by atoms with van der Waals surface area (Å²) in [5.41, 5.74) is 3.88. The van der Waals surface area contributed by atoms with Gasteiger partial charge in [-0.05, 0) is 91.6 Å². The van der Waals surface area contributed by atoms with Crippen molar-refractivity contribution in [1.82, 2.24) is 24.8 Å². The number of fused-ring (bicyclic) bond motifs is 2. The van der Waals surface area contributed by atoms with Crippen molar-refractivity contribution in [3.63, 3.8) is 0 Å². The van der Waals surface area contributed by atoms with Gasteiger partial charge in [0.15, 0.2) is 11.5 Å². The topological polar surface area (TPSA) is 150 Å². The fraction of sp³-hybridized carbons (Fsp3) is 0.457. The van der Waals surface area contributed by atoms with Gasteiger partial charge in [0.05, 0.1) is 36.3 Å². The van der Waals surface area contributed by atoms with Gasteiger partial charge in [0.25, 0.3) is 0 Å². The summed E-state index contributed by atoms with van der Waals surface area (Å²) in [5, 5.41) is 24.7.